The summed E-state index contributed by atoms with van der Waals surface area (Å²) in [6, 6.07) is 0. The van der Waals surface area contributed by atoms with E-state index in [1.54, 1.807) is 0 Å². The molecule has 0 aliphatic rings. The molecule has 2 unspecified atom stereocenters. The first kappa shape index (κ1) is 86.7. The zero-order chi connectivity index (χ0) is 65.5. The van der Waals surface area contributed by atoms with Crippen LogP contribution < -0.4 is 4.89 Å². The maximum absolute atomic E-state index is 12.9. The van der Waals surface area contributed by atoms with Crippen molar-refractivity contribution in [3.05, 3.63) is 109 Å². The van der Waals surface area contributed by atoms with Gasteiger partial charge in [-0.2, -0.15) is 0 Å². The van der Waals surface area contributed by atoms with E-state index in [1.165, 1.54) is 205 Å². The second-order valence-electron chi connectivity index (χ2n) is 26.3. The van der Waals surface area contributed by atoms with Gasteiger partial charge in [-0.05, 0) is 103 Å². The maximum atomic E-state index is 12.9. The van der Waals surface area contributed by atoms with Crippen LogP contribution in [-0.2, 0) is 32.7 Å². The fourth-order valence-corrected chi connectivity index (χ4v) is 11.3. The number of phosphoric acid groups is 1. The summed E-state index contributed by atoms with van der Waals surface area (Å²) in [5.41, 5.74) is 0. The van der Waals surface area contributed by atoms with E-state index < -0.39 is 26.5 Å². The Hall–Kier alpha value is -3.33. The Balaban J connectivity index is 4.04. The highest BCUT2D eigenvalue weighted by atomic mass is 31.2. The third-order valence-electron chi connectivity index (χ3n) is 16.3. The van der Waals surface area contributed by atoms with E-state index in [9.17, 15) is 19.0 Å². The van der Waals surface area contributed by atoms with Gasteiger partial charge in [0.25, 0.3) is 7.82 Å². The molecule has 0 saturated carbocycles. The number of quaternary nitrogens is 1. The van der Waals surface area contributed by atoms with Crippen molar-refractivity contribution >= 4 is 19.8 Å². The summed E-state index contributed by atoms with van der Waals surface area (Å²) < 4.78 is 34.4. The van der Waals surface area contributed by atoms with E-state index in [4.69, 9.17) is 18.5 Å². The maximum Gasteiger partial charge on any atom is 0.306 e. The lowest BCUT2D eigenvalue weighted by Crippen LogP contribution is -2.37. The third-order valence-corrected chi connectivity index (χ3v) is 17.2. The van der Waals surface area contributed by atoms with Gasteiger partial charge in [-0.3, -0.25) is 14.2 Å². The molecule has 0 aliphatic carbocycles. The van der Waals surface area contributed by atoms with Crippen molar-refractivity contribution in [2.24, 2.45) is 0 Å². The predicted octanol–water partition coefficient (Wildman–Crippen LogP) is 24.2. The fourth-order valence-electron chi connectivity index (χ4n) is 10.6. The van der Waals surface area contributed by atoms with E-state index >= 15 is 0 Å². The van der Waals surface area contributed by atoms with Crippen molar-refractivity contribution in [3.8, 4) is 0 Å². The molecule has 10 heteroatoms. The van der Waals surface area contributed by atoms with Crippen LogP contribution in [0.15, 0.2) is 109 Å². The highest BCUT2D eigenvalue weighted by Crippen LogP contribution is 2.38. The van der Waals surface area contributed by atoms with Crippen LogP contribution in [0.5, 0.6) is 0 Å². The quantitative estimate of drug-likeness (QED) is 0.0195. The van der Waals surface area contributed by atoms with Crippen LogP contribution in [0.25, 0.3) is 0 Å². The number of phosphoric ester groups is 1. The van der Waals surface area contributed by atoms with Crippen LogP contribution in [0.3, 0.4) is 0 Å². The minimum Gasteiger partial charge on any atom is -0.756 e. The number of nitrogens with zero attached hydrogens (tertiary/aromatic N) is 1. The summed E-state index contributed by atoms with van der Waals surface area (Å²) >= 11 is 0. The number of hydrogen-bond acceptors (Lipinski definition) is 8. The van der Waals surface area contributed by atoms with Gasteiger partial charge in [-0.1, -0.05) is 329 Å². The fraction of sp³-hybridized carbons (Fsp3) is 0.750. The van der Waals surface area contributed by atoms with E-state index in [1.807, 2.05) is 21.1 Å². The summed E-state index contributed by atoms with van der Waals surface area (Å²) in [4.78, 5) is 38.1. The molecular formula is C80H142NO8P. The van der Waals surface area contributed by atoms with Gasteiger partial charge in [-0.25, -0.2) is 0 Å². The molecule has 0 spiro atoms. The van der Waals surface area contributed by atoms with Gasteiger partial charge >= 0.3 is 11.9 Å². The monoisotopic (exact) mass is 1280 g/mol. The van der Waals surface area contributed by atoms with Gasteiger partial charge in [-0.15, -0.1) is 0 Å². The van der Waals surface area contributed by atoms with E-state index in [-0.39, 0.29) is 32.0 Å². The standard InChI is InChI=1S/C80H142NO8P/c1-6-8-10-12-14-16-18-20-22-24-26-28-30-32-34-36-38-39-40-41-43-45-47-49-51-53-55-57-59-61-63-65-67-69-71-73-80(83)89-78(77-88-90(84,85)87-75-74-81(3,4)5)76-86-79(82)72-70-68-66-64-62-60-58-56-54-52-50-48-46-44-42-37-35-33-31-29-27-25-23-21-19-17-15-13-11-9-7-2/h8,10,14,16,20,22,25-28,32,34,38-39,41,43,47,49,78H,6-7,9,11-13,15,17-19,21,23-24,29-31,33,35-37,40,42,44-46,48,50-77H2,1-5H3/b10-8-,16-14-,22-20-,27-25-,28-26-,34-32-,39-38-,43-41-,49-47-. The van der Waals surface area contributed by atoms with Crippen LogP contribution in [-0.4, -0.2) is 70.0 Å². The summed E-state index contributed by atoms with van der Waals surface area (Å²) in [7, 11) is 1.16. The first-order valence-corrected chi connectivity index (χ1v) is 39.1. The van der Waals surface area contributed by atoms with Crippen LogP contribution in [0, 0.1) is 0 Å². The van der Waals surface area contributed by atoms with E-state index in [0.29, 0.717) is 17.4 Å². The van der Waals surface area contributed by atoms with Crippen molar-refractivity contribution in [3.63, 3.8) is 0 Å². The highest BCUT2D eigenvalue weighted by Gasteiger charge is 2.22. The molecule has 0 aromatic rings. The van der Waals surface area contributed by atoms with Crippen molar-refractivity contribution in [2.75, 3.05) is 47.5 Å². The van der Waals surface area contributed by atoms with Gasteiger partial charge in [0.2, 0.25) is 0 Å². The Labute approximate surface area is 556 Å². The van der Waals surface area contributed by atoms with E-state index in [2.05, 4.69) is 123 Å². The van der Waals surface area contributed by atoms with Crippen molar-refractivity contribution in [1.29, 1.82) is 0 Å². The van der Waals surface area contributed by atoms with Gasteiger partial charge in [0.1, 0.15) is 19.8 Å². The molecule has 0 heterocycles. The minimum atomic E-state index is -4.65. The molecule has 90 heavy (non-hydrogen) atoms. The largest absolute Gasteiger partial charge is 0.756 e. The summed E-state index contributed by atoms with van der Waals surface area (Å²) in [6.45, 7) is 4.16. The Kier molecular flexibility index (Phi) is 67.4. The first-order chi connectivity index (χ1) is 44.0. The van der Waals surface area contributed by atoms with Crippen LogP contribution in [0.1, 0.15) is 335 Å². The summed E-state index contributed by atoms with van der Waals surface area (Å²) in [5, 5.41) is 0. The first-order valence-electron chi connectivity index (χ1n) is 37.6. The van der Waals surface area contributed by atoms with Crippen molar-refractivity contribution in [2.45, 2.75) is 341 Å². The molecule has 0 aromatic carbocycles. The molecule has 2 atom stereocenters. The van der Waals surface area contributed by atoms with Gasteiger partial charge in [0.05, 0.1) is 27.7 Å². The number of allylic oxidation sites excluding steroid dienone is 18. The molecule has 0 aromatic heterocycles. The van der Waals surface area contributed by atoms with Crippen LogP contribution >= 0.6 is 7.82 Å². The molecule has 0 saturated heterocycles. The van der Waals surface area contributed by atoms with Gasteiger partial charge in [0.15, 0.2) is 6.10 Å². The average Bonchev–Trinajstić information content (AvgIpc) is 3.61. The van der Waals surface area contributed by atoms with Gasteiger partial charge < -0.3 is 27.9 Å². The molecule has 9 nitrogen and oxygen atoms in total. The van der Waals surface area contributed by atoms with Crippen molar-refractivity contribution < 1.29 is 42.1 Å². The Morgan fingerprint density at radius 2 is 0.633 bits per heavy atom. The lowest BCUT2D eigenvalue weighted by molar-refractivity contribution is -0.870. The topological polar surface area (TPSA) is 111 Å². The number of unbranched alkanes of at least 4 members (excludes halogenated alkanes) is 37. The molecule has 520 valence electrons. The number of carbonyl (C=O) groups is 2. The molecule has 0 rings (SSSR count). The second kappa shape index (κ2) is 70.0. The number of esters is 2. The minimum absolute atomic E-state index is 0.0347. The Bertz CT molecular complexity index is 1890. The van der Waals surface area contributed by atoms with Crippen molar-refractivity contribution in [1.82, 2.24) is 0 Å². The zero-order valence-electron chi connectivity index (χ0n) is 59.3. The molecule has 0 radical (unpaired) electrons. The third kappa shape index (κ3) is 73.7. The highest BCUT2D eigenvalue weighted by molar-refractivity contribution is 7.45. The number of carbonyl (C=O) groups excluding carboxylic acids is 2. The summed E-state index contributed by atoms with van der Waals surface area (Å²) in [6.07, 6.45) is 99.0. The van der Waals surface area contributed by atoms with Gasteiger partial charge in [0, 0.05) is 12.8 Å². The lowest BCUT2D eigenvalue weighted by Gasteiger charge is -2.28. The molecule has 0 N–H and O–H groups in total. The molecule has 0 amide bonds. The average molecular weight is 1280 g/mol. The number of hydrogen-bond donors (Lipinski definition) is 0. The van der Waals surface area contributed by atoms with E-state index in [0.717, 1.165) is 96.3 Å². The SMILES string of the molecule is CC/C=C\C/C=C\C/C=C\C/C=C\C/C=C\C/C=C\C/C=C\C/C=C\CCCCCCCCCCCCC(=O)OC(COC(=O)CCCCCCCCCCCCCCCCCCCCC/C=C\CCCCCCCCCC)COP(=O)([O-])OCC[N+](C)(C)C. The Morgan fingerprint density at radius 1 is 0.356 bits per heavy atom. The molecule has 0 fully saturated rings. The van der Waals surface area contributed by atoms with Crippen LogP contribution in [0.4, 0.5) is 0 Å². The summed E-state index contributed by atoms with van der Waals surface area (Å²) in [5.74, 6) is -0.830. The number of ether oxygens (including phenoxy) is 2. The molecule has 0 bridgehead atoms. The number of likely N-dealkylation sites (N-methyl/N-ethyl adjacent to an activating group) is 1. The number of rotatable bonds is 69. The predicted molar refractivity (Wildman–Crippen MR) is 388 cm³/mol. The second-order valence-corrected chi connectivity index (χ2v) is 27.7. The Morgan fingerprint density at radius 3 is 0.956 bits per heavy atom. The lowest BCUT2D eigenvalue weighted by atomic mass is 10.0. The van der Waals surface area contributed by atoms with Crippen LogP contribution in [0.2, 0.25) is 0 Å². The zero-order valence-corrected chi connectivity index (χ0v) is 60.2. The molecule has 0 aliphatic heterocycles. The normalized spacial score (nSPS) is 13.7. The smallest absolute Gasteiger partial charge is 0.306 e. The molecular weight excluding hydrogens is 1130 g/mol.